The molecule has 0 fully saturated rings. The number of carboxylic acid groups (broad SMARTS) is 1. The number of benzene rings is 2. The average Bonchev–Trinajstić information content (AvgIpc) is 2.61. The average molecular weight is 325 g/mol. The minimum atomic E-state index is -0.935. The highest BCUT2D eigenvalue weighted by Crippen LogP contribution is 2.09. The number of carbonyl (C=O) groups excluding carboxylic acids is 1. The lowest BCUT2D eigenvalue weighted by Crippen LogP contribution is -2.32. The molecule has 2 rings (SSSR count). The maximum absolute atomic E-state index is 12.4. The van der Waals surface area contributed by atoms with Gasteiger partial charge in [-0.05, 0) is 43.0 Å². The Morgan fingerprint density at radius 3 is 2.12 bits per heavy atom. The topological polar surface area (TPSA) is 57.6 Å². The van der Waals surface area contributed by atoms with Crippen LogP contribution in [0.15, 0.2) is 54.6 Å². The summed E-state index contributed by atoms with van der Waals surface area (Å²) in [5.41, 5.74) is 2.48. The summed E-state index contributed by atoms with van der Waals surface area (Å²) in [7, 11) is 0. The zero-order valence-electron chi connectivity index (χ0n) is 13.9. The number of hydrogen-bond donors (Lipinski definition) is 1. The normalized spacial score (nSPS) is 10.4. The SMILES string of the molecule is CCN(CCc1ccccc1)C(=O)CCc1ccc(C(=O)O)cc1. The van der Waals surface area contributed by atoms with Gasteiger partial charge in [0.25, 0.3) is 0 Å². The molecule has 4 heteroatoms. The predicted octanol–water partition coefficient (Wildman–Crippen LogP) is 3.41. The van der Waals surface area contributed by atoms with E-state index in [2.05, 4.69) is 12.1 Å². The van der Waals surface area contributed by atoms with Crippen LogP contribution in [0.2, 0.25) is 0 Å². The van der Waals surface area contributed by atoms with Crippen molar-refractivity contribution in [3.63, 3.8) is 0 Å². The van der Waals surface area contributed by atoms with Gasteiger partial charge in [0.1, 0.15) is 0 Å². The van der Waals surface area contributed by atoms with Gasteiger partial charge < -0.3 is 10.0 Å². The Kier molecular flexibility index (Phi) is 6.55. The molecule has 2 aromatic carbocycles. The number of nitrogens with zero attached hydrogens (tertiary/aromatic N) is 1. The Balaban J connectivity index is 1.84. The molecule has 0 aliphatic carbocycles. The first kappa shape index (κ1) is 17.7. The molecule has 0 aliphatic heterocycles. The molecule has 4 nitrogen and oxygen atoms in total. The second-order valence-corrected chi connectivity index (χ2v) is 5.71. The molecule has 0 unspecified atom stereocenters. The van der Waals surface area contributed by atoms with Gasteiger partial charge >= 0.3 is 5.97 Å². The van der Waals surface area contributed by atoms with Crippen LogP contribution in [0.25, 0.3) is 0 Å². The third kappa shape index (κ3) is 5.23. The van der Waals surface area contributed by atoms with Crippen LogP contribution >= 0.6 is 0 Å². The fourth-order valence-corrected chi connectivity index (χ4v) is 2.59. The summed E-state index contributed by atoms with van der Waals surface area (Å²) in [4.78, 5) is 25.1. The Labute approximate surface area is 142 Å². The van der Waals surface area contributed by atoms with Crippen molar-refractivity contribution in [2.24, 2.45) is 0 Å². The zero-order chi connectivity index (χ0) is 17.4. The van der Waals surface area contributed by atoms with Crippen molar-refractivity contribution in [1.29, 1.82) is 0 Å². The molecule has 126 valence electrons. The van der Waals surface area contributed by atoms with E-state index in [1.165, 1.54) is 5.56 Å². The zero-order valence-corrected chi connectivity index (χ0v) is 13.9. The molecule has 0 radical (unpaired) electrons. The third-order valence-electron chi connectivity index (χ3n) is 4.08. The van der Waals surface area contributed by atoms with Crippen LogP contribution in [0.3, 0.4) is 0 Å². The first-order chi connectivity index (χ1) is 11.6. The molecule has 0 atom stereocenters. The van der Waals surface area contributed by atoms with Crippen molar-refractivity contribution >= 4 is 11.9 Å². The molecule has 0 bridgehead atoms. The van der Waals surface area contributed by atoms with Crippen LogP contribution < -0.4 is 0 Å². The molecular weight excluding hydrogens is 302 g/mol. The molecule has 0 aliphatic rings. The Hall–Kier alpha value is -2.62. The fourth-order valence-electron chi connectivity index (χ4n) is 2.59. The van der Waals surface area contributed by atoms with E-state index in [0.717, 1.165) is 18.5 Å². The lowest BCUT2D eigenvalue weighted by atomic mass is 10.1. The summed E-state index contributed by atoms with van der Waals surface area (Å²) in [6.45, 7) is 3.41. The Morgan fingerprint density at radius 2 is 1.54 bits per heavy atom. The summed E-state index contributed by atoms with van der Waals surface area (Å²) >= 11 is 0. The summed E-state index contributed by atoms with van der Waals surface area (Å²) < 4.78 is 0. The lowest BCUT2D eigenvalue weighted by molar-refractivity contribution is -0.130. The van der Waals surface area contributed by atoms with Crippen LogP contribution in [0, 0.1) is 0 Å². The van der Waals surface area contributed by atoms with Crippen LogP contribution in [0.4, 0.5) is 0 Å². The van der Waals surface area contributed by atoms with Crippen molar-refractivity contribution in [3.8, 4) is 0 Å². The summed E-state index contributed by atoms with van der Waals surface area (Å²) in [6.07, 6.45) is 1.92. The van der Waals surface area contributed by atoms with Crippen molar-refractivity contribution in [2.75, 3.05) is 13.1 Å². The van der Waals surface area contributed by atoms with E-state index in [-0.39, 0.29) is 11.5 Å². The van der Waals surface area contributed by atoms with Gasteiger partial charge in [0.05, 0.1) is 5.56 Å². The van der Waals surface area contributed by atoms with E-state index in [1.807, 2.05) is 30.0 Å². The van der Waals surface area contributed by atoms with E-state index in [4.69, 9.17) is 5.11 Å². The number of hydrogen-bond acceptors (Lipinski definition) is 2. The van der Waals surface area contributed by atoms with E-state index < -0.39 is 5.97 Å². The molecule has 1 N–H and O–H groups in total. The fraction of sp³-hybridized carbons (Fsp3) is 0.300. The number of rotatable bonds is 8. The van der Waals surface area contributed by atoms with Gasteiger partial charge in [0.15, 0.2) is 0 Å². The smallest absolute Gasteiger partial charge is 0.335 e. The minimum Gasteiger partial charge on any atom is -0.478 e. The number of carbonyl (C=O) groups is 2. The predicted molar refractivity (Wildman–Crippen MR) is 94.1 cm³/mol. The maximum atomic E-state index is 12.4. The molecular formula is C20H23NO3. The summed E-state index contributed by atoms with van der Waals surface area (Å²) in [5.74, 6) is -0.800. The molecule has 0 aromatic heterocycles. The molecule has 1 amide bonds. The first-order valence-electron chi connectivity index (χ1n) is 8.24. The monoisotopic (exact) mass is 325 g/mol. The first-order valence-corrected chi connectivity index (χ1v) is 8.24. The van der Waals surface area contributed by atoms with E-state index in [1.54, 1.807) is 24.3 Å². The van der Waals surface area contributed by atoms with Crippen molar-refractivity contribution in [3.05, 3.63) is 71.3 Å². The van der Waals surface area contributed by atoms with Crippen LogP contribution in [0.5, 0.6) is 0 Å². The van der Waals surface area contributed by atoms with Crippen LogP contribution in [-0.4, -0.2) is 35.0 Å². The van der Waals surface area contributed by atoms with Gasteiger partial charge in [-0.15, -0.1) is 0 Å². The highest BCUT2D eigenvalue weighted by Gasteiger charge is 2.12. The second kappa shape index (κ2) is 8.87. The van der Waals surface area contributed by atoms with Crippen LogP contribution in [-0.2, 0) is 17.6 Å². The molecule has 2 aromatic rings. The number of carboxylic acids is 1. The minimum absolute atomic E-state index is 0.135. The highest BCUT2D eigenvalue weighted by molar-refractivity contribution is 5.87. The lowest BCUT2D eigenvalue weighted by Gasteiger charge is -2.21. The van der Waals surface area contributed by atoms with Crippen molar-refractivity contribution in [1.82, 2.24) is 4.90 Å². The molecule has 0 saturated carbocycles. The quantitative estimate of drug-likeness (QED) is 0.809. The molecule has 0 saturated heterocycles. The van der Waals surface area contributed by atoms with E-state index in [9.17, 15) is 9.59 Å². The largest absolute Gasteiger partial charge is 0.478 e. The van der Waals surface area contributed by atoms with Crippen molar-refractivity contribution in [2.45, 2.75) is 26.2 Å². The number of amides is 1. The highest BCUT2D eigenvalue weighted by atomic mass is 16.4. The van der Waals surface area contributed by atoms with Gasteiger partial charge in [-0.1, -0.05) is 42.5 Å². The van der Waals surface area contributed by atoms with Gasteiger partial charge in [0, 0.05) is 19.5 Å². The molecule has 24 heavy (non-hydrogen) atoms. The number of aromatic carboxylic acids is 1. The van der Waals surface area contributed by atoms with Gasteiger partial charge in [-0.25, -0.2) is 4.79 Å². The summed E-state index contributed by atoms with van der Waals surface area (Å²) in [5, 5.41) is 8.89. The standard InChI is InChI=1S/C20H23NO3/c1-2-21(15-14-16-6-4-3-5-7-16)19(22)13-10-17-8-11-18(12-9-17)20(23)24/h3-9,11-12H,2,10,13-15H2,1H3,(H,23,24). The second-order valence-electron chi connectivity index (χ2n) is 5.71. The Bertz CT molecular complexity index is 665. The maximum Gasteiger partial charge on any atom is 0.335 e. The van der Waals surface area contributed by atoms with E-state index >= 15 is 0 Å². The summed E-state index contributed by atoms with van der Waals surface area (Å²) in [6, 6.07) is 16.9. The van der Waals surface area contributed by atoms with Crippen molar-refractivity contribution < 1.29 is 14.7 Å². The van der Waals surface area contributed by atoms with Gasteiger partial charge in [0.2, 0.25) is 5.91 Å². The molecule has 0 spiro atoms. The third-order valence-corrected chi connectivity index (χ3v) is 4.08. The van der Waals surface area contributed by atoms with Gasteiger partial charge in [-0.3, -0.25) is 4.79 Å². The van der Waals surface area contributed by atoms with E-state index in [0.29, 0.717) is 19.4 Å². The Morgan fingerprint density at radius 1 is 0.917 bits per heavy atom. The van der Waals surface area contributed by atoms with Crippen LogP contribution in [0.1, 0.15) is 34.8 Å². The van der Waals surface area contributed by atoms with Gasteiger partial charge in [-0.2, -0.15) is 0 Å². The number of aryl methyl sites for hydroxylation is 1. The molecule has 0 heterocycles. The number of likely N-dealkylation sites (N-methyl/N-ethyl adjacent to an activating group) is 1.